The molecule has 36 heavy (non-hydrogen) atoms. The first kappa shape index (κ1) is 26.0. The number of halogens is 2. The Labute approximate surface area is 220 Å². The van der Waals surface area contributed by atoms with Crippen molar-refractivity contribution in [2.24, 2.45) is 0 Å². The van der Waals surface area contributed by atoms with E-state index in [4.69, 9.17) is 32.7 Å². The zero-order valence-corrected chi connectivity index (χ0v) is 21.9. The van der Waals surface area contributed by atoms with Crippen LogP contribution in [0.15, 0.2) is 36.4 Å². The Morgan fingerprint density at radius 3 is 2.50 bits per heavy atom. The van der Waals surface area contributed by atoms with Gasteiger partial charge in [0.05, 0.1) is 35.7 Å². The zero-order chi connectivity index (χ0) is 25.8. The number of hydrogen-bond acceptors (Lipinski definition) is 6. The molecule has 1 aliphatic rings. The monoisotopic (exact) mass is 530 g/mol. The smallest absolute Gasteiger partial charge is 0.338 e. The van der Waals surface area contributed by atoms with Crippen molar-refractivity contribution in [2.45, 2.75) is 33.1 Å². The number of ether oxygens (including phenoxy) is 2. The first-order chi connectivity index (χ1) is 17.3. The predicted molar refractivity (Wildman–Crippen MR) is 139 cm³/mol. The van der Waals surface area contributed by atoms with Gasteiger partial charge in [0, 0.05) is 29.2 Å². The third-order valence-electron chi connectivity index (χ3n) is 6.07. The molecule has 1 fully saturated rings. The number of carbonyl (C=O) groups excluding carboxylic acids is 2. The Hall–Kier alpha value is -3.07. The Morgan fingerprint density at radius 2 is 1.83 bits per heavy atom. The van der Waals surface area contributed by atoms with E-state index in [0.717, 1.165) is 32.4 Å². The molecule has 8 nitrogen and oxygen atoms in total. The molecule has 190 valence electrons. The normalized spacial score (nSPS) is 13.9. The van der Waals surface area contributed by atoms with Gasteiger partial charge in [-0.25, -0.2) is 14.5 Å². The zero-order valence-electron chi connectivity index (χ0n) is 20.4. The number of hydrazine groups is 1. The molecule has 1 aromatic heterocycles. The van der Waals surface area contributed by atoms with E-state index < -0.39 is 5.97 Å². The van der Waals surface area contributed by atoms with E-state index in [2.05, 4.69) is 10.5 Å². The minimum atomic E-state index is -0.514. The highest BCUT2D eigenvalue weighted by Gasteiger charge is 2.28. The van der Waals surface area contributed by atoms with Crippen LogP contribution in [0.25, 0.3) is 16.9 Å². The number of piperidine rings is 1. The minimum absolute atomic E-state index is 0.209. The van der Waals surface area contributed by atoms with Gasteiger partial charge in [-0.1, -0.05) is 29.6 Å². The molecule has 1 aliphatic heterocycles. The quantitative estimate of drug-likeness (QED) is 0.407. The van der Waals surface area contributed by atoms with Crippen LogP contribution in [0.5, 0.6) is 5.75 Å². The molecule has 0 radical (unpaired) electrons. The molecule has 0 aliphatic carbocycles. The summed E-state index contributed by atoms with van der Waals surface area (Å²) in [5.41, 5.74) is 5.66. The van der Waals surface area contributed by atoms with Gasteiger partial charge in [0.2, 0.25) is 0 Å². The van der Waals surface area contributed by atoms with E-state index in [1.807, 2.05) is 5.01 Å². The summed E-state index contributed by atoms with van der Waals surface area (Å²) in [6.45, 7) is 5.32. The van der Waals surface area contributed by atoms with E-state index in [-0.39, 0.29) is 23.8 Å². The Bertz CT molecular complexity index is 1290. The van der Waals surface area contributed by atoms with Crippen LogP contribution in [0.3, 0.4) is 0 Å². The van der Waals surface area contributed by atoms with E-state index in [9.17, 15) is 9.59 Å². The summed E-state index contributed by atoms with van der Waals surface area (Å²) in [5, 5.41) is 7.40. The van der Waals surface area contributed by atoms with Crippen LogP contribution in [0.4, 0.5) is 0 Å². The van der Waals surface area contributed by atoms with Crippen LogP contribution in [-0.4, -0.2) is 53.5 Å². The summed E-state index contributed by atoms with van der Waals surface area (Å²) in [5.74, 6) is -0.344. The Kier molecular flexibility index (Phi) is 8.18. The number of amides is 1. The molecule has 4 rings (SSSR count). The molecule has 1 N–H and O–H groups in total. The van der Waals surface area contributed by atoms with Gasteiger partial charge in [-0.05, 0) is 63.1 Å². The van der Waals surface area contributed by atoms with Crippen LogP contribution in [0.2, 0.25) is 10.0 Å². The van der Waals surface area contributed by atoms with E-state index >= 15 is 0 Å². The second-order valence-corrected chi connectivity index (χ2v) is 9.29. The molecule has 2 heterocycles. The molecule has 2 aromatic carbocycles. The van der Waals surface area contributed by atoms with Gasteiger partial charge in [-0.2, -0.15) is 5.10 Å². The third kappa shape index (κ3) is 5.36. The van der Waals surface area contributed by atoms with Crippen molar-refractivity contribution in [1.82, 2.24) is 20.2 Å². The minimum Gasteiger partial charge on any atom is -0.497 e. The average molecular weight is 531 g/mol. The van der Waals surface area contributed by atoms with Crippen molar-refractivity contribution >= 4 is 35.1 Å². The topological polar surface area (TPSA) is 85.7 Å². The van der Waals surface area contributed by atoms with Crippen LogP contribution in [-0.2, 0) is 4.74 Å². The Balaban J connectivity index is 1.90. The number of esters is 1. The number of carbonyl (C=O) groups is 2. The molecule has 0 atom stereocenters. The van der Waals surface area contributed by atoms with Crippen molar-refractivity contribution in [1.29, 1.82) is 0 Å². The van der Waals surface area contributed by atoms with Crippen molar-refractivity contribution in [2.75, 3.05) is 26.8 Å². The number of hydrogen-bond donors (Lipinski definition) is 1. The van der Waals surface area contributed by atoms with Crippen molar-refractivity contribution in [3.63, 3.8) is 0 Å². The van der Waals surface area contributed by atoms with Gasteiger partial charge in [0.1, 0.15) is 5.75 Å². The van der Waals surface area contributed by atoms with Crippen LogP contribution in [0.1, 0.15) is 52.6 Å². The molecule has 0 spiro atoms. The molecule has 3 aromatic rings. The van der Waals surface area contributed by atoms with Gasteiger partial charge in [0.15, 0.2) is 5.69 Å². The van der Waals surface area contributed by atoms with E-state index in [1.165, 1.54) is 7.11 Å². The lowest BCUT2D eigenvalue weighted by molar-refractivity contribution is 0.0526. The fourth-order valence-corrected chi connectivity index (χ4v) is 4.78. The molecular weight excluding hydrogens is 503 g/mol. The van der Waals surface area contributed by atoms with Crippen LogP contribution < -0.4 is 10.2 Å². The SMILES string of the molecule is CCOC(=O)c1cc(OC)ccc1-c1c(C)c(C(=O)NN2CCCCC2)nn1-c1ccc(Cl)cc1Cl. The van der Waals surface area contributed by atoms with Gasteiger partial charge in [-0.15, -0.1) is 0 Å². The lowest BCUT2D eigenvalue weighted by atomic mass is 10.00. The summed E-state index contributed by atoms with van der Waals surface area (Å²) in [4.78, 5) is 26.3. The second kappa shape index (κ2) is 11.3. The first-order valence-electron chi connectivity index (χ1n) is 11.8. The number of nitrogens with zero attached hydrogens (tertiary/aromatic N) is 3. The first-order valence-corrected chi connectivity index (χ1v) is 12.6. The van der Waals surface area contributed by atoms with Crippen molar-refractivity contribution in [3.05, 3.63) is 63.3 Å². The summed E-state index contributed by atoms with van der Waals surface area (Å²) in [6, 6.07) is 10.1. The highest BCUT2D eigenvalue weighted by Crippen LogP contribution is 2.36. The van der Waals surface area contributed by atoms with Gasteiger partial charge >= 0.3 is 5.97 Å². The third-order valence-corrected chi connectivity index (χ3v) is 6.61. The molecule has 1 saturated heterocycles. The molecule has 0 unspecified atom stereocenters. The molecule has 1 amide bonds. The van der Waals surface area contributed by atoms with Gasteiger partial charge in [-0.3, -0.25) is 10.2 Å². The number of benzene rings is 2. The Morgan fingerprint density at radius 1 is 1.08 bits per heavy atom. The highest BCUT2D eigenvalue weighted by atomic mass is 35.5. The summed E-state index contributed by atoms with van der Waals surface area (Å²) >= 11 is 12.7. The average Bonchev–Trinajstić information content (AvgIpc) is 3.21. The summed E-state index contributed by atoms with van der Waals surface area (Å²) in [6.07, 6.45) is 3.19. The number of methoxy groups -OCH3 is 1. The van der Waals surface area contributed by atoms with Gasteiger partial charge in [0.25, 0.3) is 5.91 Å². The maximum absolute atomic E-state index is 13.3. The van der Waals surface area contributed by atoms with Gasteiger partial charge < -0.3 is 9.47 Å². The van der Waals surface area contributed by atoms with E-state index in [1.54, 1.807) is 54.9 Å². The lowest BCUT2D eigenvalue weighted by Crippen LogP contribution is -2.45. The lowest BCUT2D eigenvalue weighted by Gasteiger charge is -2.26. The number of aromatic nitrogens is 2. The van der Waals surface area contributed by atoms with Crippen molar-refractivity contribution in [3.8, 4) is 22.7 Å². The standard InChI is InChI=1S/C26H28Cl2N4O4/c1-4-36-26(34)20-15-18(35-3)9-10-19(20)24-16(2)23(25(33)30-31-12-6-5-7-13-31)29-32(24)22-11-8-17(27)14-21(22)28/h8-11,14-15H,4-7,12-13H2,1-3H3,(H,30,33). The highest BCUT2D eigenvalue weighted by molar-refractivity contribution is 6.35. The molecule has 0 bridgehead atoms. The maximum Gasteiger partial charge on any atom is 0.338 e. The number of rotatable bonds is 7. The predicted octanol–water partition coefficient (Wildman–Crippen LogP) is 5.47. The maximum atomic E-state index is 13.3. The van der Waals surface area contributed by atoms with Crippen molar-refractivity contribution < 1.29 is 19.1 Å². The largest absolute Gasteiger partial charge is 0.497 e. The summed E-state index contributed by atoms with van der Waals surface area (Å²) in [7, 11) is 1.52. The fourth-order valence-electron chi connectivity index (χ4n) is 4.29. The molecule has 0 saturated carbocycles. The van der Waals surface area contributed by atoms with E-state index in [0.29, 0.717) is 38.3 Å². The number of nitrogens with one attached hydrogen (secondary N) is 1. The van der Waals surface area contributed by atoms with Crippen LogP contribution >= 0.6 is 23.2 Å². The summed E-state index contributed by atoms with van der Waals surface area (Å²) < 4.78 is 12.2. The fraction of sp³-hybridized carbons (Fsp3) is 0.346. The molecule has 10 heteroatoms. The van der Waals surface area contributed by atoms with Crippen LogP contribution in [0, 0.1) is 6.92 Å². The molecular formula is C26H28Cl2N4O4. The second-order valence-electron chi connectivity index (χ2n) is 8.45.